The van der Waals surface area contributed by atoms with Gasteiger partial charge in [-0.2, -0.15) is 0 Å². The molecule has 0 aromatic heterocycles. The van der Waals surface area contributed by atoms with E-state index in [-0.39, 0.29) is 6.03 Å². The van der Waals surface area contributed by atoms with Crippen molar-refractivity contribution in [3.63, 3.8) is 0 Å². The Morgan fingerprint density at radius 3 is 2.39 bits per heavy atom. The van der Waals surface area contributed by atoms with E-state index in [9.17, 15) is 4.79 Å². The average molecular weight is 314 g/mol. The van der Waals surface area contributed by atoms with Crippen molar-refractivity contribution in [1.29, 1.82) is 0 Å². The second-order valence-electron chi connectivity index (χ2n) is 7.11. The molecule has 1 aromatic rings. The number of likely N-dealkylation sites (tertiary alicyclic amines) is 1. The molecular formula is C18H26N4O. The number of rotatable bonds is 2. The van der Waals surface area contributed by atoms with Crippen LogP contribution in [0.25, 0.3) is 0 Å². The summed E-state index contributed by atoms with van der Waals surface area (Å²) in [5.74, 6) is 0. The molecule has 0 radical (unpaired) electrons. The lowest BCUT2D eigenvalue weighted by Gasteiger charge is -2.43. The third-order valence-corrected chi connectivity index (χ3v) is 5.66. The number of anilines is 1. The van der Waals surface area contributed by atoms with Gasteiger partial charge in [-0.25, -0.2) is 4.79 Å². The van der Waals surface area contributed by atoms with Gasteiger partial charge in [0.25, 0.3) is 0 Å². The van der Waals surface area contributed by atoms with Gasteiger partial charge in [-0.05, 0) is 45.1 Å². The second-order valence-corrected chi connectivity index (χ2v) is 7.11. The summed E-state index contributed by atoms with van der Waals surface area (Å²) in [6.45, 7) is 6.16. The van der Waals surface area contributed by atoms with E-state index >= 15 is 0 Å². The number of piperazine rings is 1. The molecule has 3 aliphatic rings. The molecule has 1 atom stereocenters. The van der Waals surface area contributed by atoms with Gasteiger partial charge in [0.05, 0.1) is 6.04 Å². The molecule has 3 aliphatic heterocycles. The van der Waals surface area contributed by atoms with Crippen molar-refractivity contribution in [2.75, 3.05) is 51.2 Å². The maximum absolute atomic E-state index is 12.7. The monoisotopic (exact) mass is 314 g/mol. The second kappa shape index (κ2) is 6.13. The van der Waals surface area contributed by atoms with Crippen molar-refractivity contribution in [3.05, 3.63) is 30.3 Å². The molecule has 23 heavy (non-hydrogen) atoms. The van der Waals surface area contributed by atoms with E-state index in [1.807, 2.05) is 35.2 Å². The highest BCUT2D eigenvalue weighted by Gasteiger charge is 2.42. The van der Waals surface area contributed by atoms with Crippen molar-refractivity contribution in [3.8, 4) is 0 Å². The van der Waals surface area contributed by atoms with E-state index in [1.54, 1.807) is 0 Å². The smallest absolute Gasteiger partial charge is 0.317 e. The molecule has 1 aromatic carbocycles. The highest BCUT2D eigenvalue weighted by Crippen LogP contribution is 2.28. The Hall–Kier alpha value is -1.59. The number of fused-ring (bicyclic) bond motifs is 1. The van der Waals surface area contributed by atoms with Crippen molar-refractivity contribution in [1.82, 2.24) is 14.7 Å². The lowest BCUT2D eigenvalue weighted by atomic mass is 10.0. The zero-order valence-corrected chi connectivity index (χ0v) is 13.9. The Morgan fingerprint density at radius 1 is 0.913 bits per heavy atom. The largest absolute Gasteiger partial charge is 0.324 e. The van der Waals surface area contributed by atoms with Crippen LogP contribution in [0.4, 0.5) is 10.5 Å². The number of para-hydroxylation sites is 1. The Morgan fingerprint density at radius 2 is 1.65 bits per heavy atom. The summed E-state index contributed by atoms with van der Waals surface area (Å²) in [7, 11) is 2.21. The van der Waals surface area contributed by atoms with Crippen LogP contribution in [0, 0.1) is 0 Å². The molecule has 2 amide bonds. The van der Waals surface area contributed by atoms with Crippen LogP contribution >= 0.6 is 0 Å². The molecule has 5 nitrogen and oxygen atoms in total. The van der Waals surface area contributed by atoms with Crippen molar-refractivity contribution < 1.29 is 4.79 Å². The number of carbonyl (C=O) groups excluding carboxylic acids is 1. The third-order valence-electron chi connectivity index (χ3n) is 5.66. The zero-order chi connectivity index (χ0) is 15.8. The van der Waals surface area contributed by atoms with E-state index in [0.717, 1.165) is 31.9 Å². The molecule has 0 saturated carbocycles. The minimum Gasteiger partial charge on any atom is -0.317 e. The number of hydrogen-bond acceptors (Lipinski definition) is 3. The van der Waals surface area contributed by atoms with Crippen LogP contribution in [0.15, 0.2) is 30.3 Å². The molecule has 4 rings (SSSR count). The Kier molecular flexibility index (Phi) is 3.99. The summed E-state index contributed by atoms with van der Waals surface area (Å²) in [4.78, 5) is 21.8. The maximum Gasteiger partial charge on any atom is 0.324 e. The molecule has 0 spiro atoms. The van der Waals surface area contributed by atoms with Gasteiger partial charge >= 0.3 is 6.03 Å². The van der Waals surface area contributed by atoms with Crippen molar-refractivity contribution >= 4 is 11.7 Å². The van der Waals surface area contributed by atoms with Gasteiger partial charge in [-0.15, -0.1) is 0 Å². The minimum absolute atomic E-state index is 0.184. The molecule has 0 bridgehead atoms. The highest BCUT2D eigenvalue weighted by atomic mass is 16.2. The van der Waals surface area contributed by atoms with E-state index in [0.29, 0.717) is 12.1 Å². The number of nitrogens with zero attached hydrogens (tertiary/aromatic N) is 4. The van der Waals surface area contributed by atoms with Crippen LogP contribution in [-0.2, 0) is 0 Å². The predicted octanol–water partition coefficient (Wildman–Crippen LogP) is 1.71. The summed E-state index contributed by atoms with van der Waals surface area (Å²) in [5.41, 5.74) is 1.03. The first-order chi connectivity index (χ1) is 11.2. The van der Waals surface area contributed by atoms with E-state index in [2.05, 4.69) is 21.7 Å². The molecule has 3 heterocycles. The molecular weight excluding hydrogens is 288 g/mol. The fraction of sp³-hybridized carbons (Fsp3) is 0.611. The Bertz CT molecular complexity index is 555. The van der Waals surface area contributed by atoms with Crippen molar-refractivity contribution in [2.24, 2.45) is 0 Å². The summed E-state index contributed by atoms with van der Waals surface area (Å²) in [6, 6.07) is 11.3. The molecule has 124 valence electrons. The number of amides is 2. The van der Waals surface area contributed by atoms with E-state index < -0.39 is 0 Å². The van der Waals surface area contributed by atoms with Gasteiger partial charge in [-0.1, -0.05) is 18.2 Å². The van der Waals surface area contributed by atoms with Crippen LogP contribution in [0.2, 0.25) is 0 Å². The minimum atomic E-state index is 0.184. The number of hydrogen-bond donors (Lipinski definition) is 0. The molecule has 0 N–H and O–H groups in total. The topological polar surface area (TPSA) is 30.0 Å². The van der Waals surface area contributed by atoms with Gasteiger partial charge in [0.2, 0.25) is 0 Å². The highest BCUT2D eigenvalue weighted by molar-refractivity contribution is 5.94. The van der Waals surface area contributed by atoms with Crippen molar-refractivity contribution in [2.45, 2.75) is 24.9 Å². The SMILES string of the molecule is CN1CCC(N2CCN3C(=O)N(c4ccccc4)C[C@H]3C2)CC1. The van der Waals surface area contributed by atoms with Gasteiger partial charge in [-0.3, -0.25) is 9.80 Å². The standard InChI is InChI=1S/C18H26N4O/c1-19-9-7-15(8-10-19)20-11-12-21-17(13-20)14-22(18(21)23)16-5-3-2-4-6-16/h2-6,15,17H,7-14H2,1H3/t17-/m1/s1. The van der Waals surface area contributed by atoms with Gasteiger partial charge in [0, 0.05) is 37.9 Å². The van der Waals surface area contributed by atoms with Crippen LogP contribution in [0.5, 0.6) is 0 Å². The first kappa shape index (κ1) is 15.0. The molecule has 3 saturated heterocycles. The van der Waals surface area contributed by atoms with Gasteiger partial charge in [0.15, 0.2) is 0 Å². The number of benzene rings is 1. The fourth-order valence-electron chi connectivity index (χ4n) is 4.25. The predicted molar refractivity (Wildman–Crippen MR) is 91.8 cm³/mol. The molecule has 0 unspecified atom stereocenters. The van der Waals surface area contributed by atoms with Crippen LogP contribution in [0.1, 0.15) is 12.8 Å². The zero-order valence-electron chi connectivity index (χ0n) is 13.9. The van der Waals surface area contributed by atoms with Gasteiger partial charge in [0.1, 0.15) is 0 Å². The first-order valence-electron chi connectivity index (χ1n) is 8.78. The van der Waals surface area contributed by atoms with Crippen LogP contribution in [-0.4, -0.2) is 79.1 Å². The summed E-state index contributed by atoms with van der Waals surface area (Å²) >= 11 is 0. The van der Waals surface area contributed by atoms with E-state index in [1.165, 1.54) is 25.9 Å². The Balaban J connectivity index is 1.43. The quantitative estimate of drug-likeness (QED) is 0.832. The molecule has 5 heteroatoms. The first-order valence-corrected chi connectivity index (χ1v) is 8.78. The third kappa shape index (κ3) is 2.83. The number of urea groups is 1. The number of carbonyl (C=O) groups is 1. The van der Waals surface area contributed by atoms with E-state index in [4.69, 9.17) is 0 Å². The summed E-state index contributed by atoms with van der Waals surface area (Å²) in [6.07, 6.45) is 2.53. The van der Waals surface area contributed by atoms with Crippen LogP contribution < -0.4 is 4.90 Å². The lowest BCUT2D eigenvalue weighted by Crippen LogP contribution is -2.56. The summed E-state index contributed by atoms with van der Waals surface area (Å²) in [5, 5.41) is 0. The normalized spacial score (nSPS) is 27.5. The molecule has 3 fully saturated rings. The molecule has 0 aliphatic carbocycles. The number of piperidine rings is 1. The van der Waals surface area contributed by atoms with Gasteiger partial charge < -0.3 is 9.80 Å². The lowest BCUT2D eigenvalue weighted by molar-refractivity contribution is 0.0591. The maximum atomic E-state index is 12.7. The van der Waals surface area contributed by atoms with Crippen LogP contribution in [0.3, 0.4) is 0 Å². The fourth-order valence-corrected chi connectivity index (χ4v) is 4.25. The average Bonchev–Trinajstić information content (AvgIpc) is 2.93. The summed E-state index contributed by atoms with van der Waals surface area (Å²) < 4.78 is 0. The Labute approximate surface area is 138 Å².